The van der Waals surface area contributed by atoms with E-state index in [-0.39, 0.29) is 17.3 Å². The minimum Gasteiger partial charge on any atom is -0.348 e. The summed E-state index contributed by atoms with van der Waals surface area (Å²) in [5, 5.41) is 6.77. The molecule has 0 aromatic heterocycles. The van der Waals surface area contributed by atoms with E-state index in [1.54, 1.807) is 30.3 Å². The standard InChI is InChI=1S/C17H19N3O4S/c1-12(2)19-20-15-8-6-14(7-9-15)17(21)18-11-13-4-3-5-16(10-13)25(22,23)24/h3-10,20H,11H2,1-2H3,(H,18,21)(H,22,23,24). The van der Waals surface area contributed by atoms with Crippen LogP contribution in [0.1, 0.15) is 29.8 Å². The van der Waals surface area contributed by atoms with Gasteiger partial charge in [-0.1, -0.05) is 12.1 Å². The third-order valence-electron chi connectivity index (χ3n) is 3.21. The molecule has 1 amide bonds. The first-order valence-corrected chi connectivity index (χ1v) is 8.91. The number of carbonyl (C=O) groups excluding carboxylic acids is 1. The summed E-state index contributed by atoms with van der Waals surface area (Å²) in [7, 11) is -4.26. The number of rotatable bonds is 6. The molecule has 2 rings (SSSR count). The number of amides is 1. The van der Waals surface area contributed by atoms with Crippen LogP contribution < -0.4 is 10.7 Å². The molecule has 0 saturated heterocycles. The topological polar surface area (TPSA) is 108 Å². The first kappa shape index (κ1) is 18.6. The lowest BCUT2D eigenvalue weighted by molar-refractivity contribution is 0.0951. The highest BCUT2D eigenvalue weighted by atomic mass is 32.2. The molecule has 0 radical (unpaired) electrons. The Kier molecular flexibility index (Phi) is 5.89. The highest BCUT2D eigenvalue weighted by molar-refractivity contribution is 7.85. The fraction of sp³-hybridized carbons (Fsp3) is 0.176. The fourth-order valence-electron chi connectivity index (χ4n) is 1.97. The summed E-state index contributed by atoms with van der Waals surface area (Å²) < 4.78 is 31.3. The third kappa shape index (κ3) is 5.70. The van der Waals surface area contributed by atoms with Crippen LogP contribution in [0, 0.1) is 0 Å². The average Bonchev–Trinajstić information content (AvgIpc) is 2.58. The third-order valence-corrected chi connectivity index (χ3v) is 4.05. The Morgan fingerprint density at radius 3 is 2.40 bits per heavy atom. The number of hydrogen-bond acceptors (Lipinski definition) is 5. The van der Waals surface area contributed by atoms with Gasteiger partial charge in [-0.05, 0) is 55.8 Å². The van der Waals surface area contributed by atoms with Crippen molar-refractivity contribution in [1.82, 2.24) is 5.32 Å². The lowest BCUT2D eigenvalue weighted by Crippen LogP contribution is -2.22. The van der Waals surface area contributed by atoms with Crippen LogP contribution >= 0.6 is 0 Å². The molecule has 7 nitrogen and oxygen atoms in total. The molecule has 0 spiro atoms. The molecule has 0 fully saturated rings. The number of nitrogens with one attached hydrogen (secondary N) is 2. The Bertz CT molecular complexity index is 886. The molecule has 0 saturated carbocycles. The number of nitrogens with zero attached hydrogens (tertiary/aromatic N) is 1. The molecule has 0 heterocycles. The van der Waals surface area contributed by atoms with Gasteiger partial charge in [0, 0.05) is 17.8 Å². The van der Waals surface area contributed by atoms with Gasteiger partial charge in [-0.3, -0.25) is 14.8 Å². The Morgan fingerprint density at radius 1 is 1.12 bits per heavy atom. The van der Waals surface area contributed by atoms with Crippen LogP contribution in [0.4, 0.5) is 5.69 Å². The van der Waals surface area contributed by atoms with Crippen LogP contribution in [-0.4, -0.2) is 24.6 Å². The maximum atomic E-state index is 12.2. The van der Waals surface area contributed by atoms with E-state index in [9.17, 15) is 13.2 Å². The molecular formula is C17H19N3O4S. The lowest BCUT2D eigenvalue weighted by Gasteiger charge is -2.07. The van der Waals surface area contributed by atoms with Gasteiger partial charge >= 0.3 is 0 Å². The highest BCUT2D eigenvalue weighted by Crippen LogP contribution is 2.12. The quantitative estimate of drug-likeness (QED) is 0.416. The first-order valence-electron chi connectivity index (χ1n) is 7.47. The van der Waals surface area contributed by atoms with Crippen molar-refractivity contribution in [2.75, 3.05) is 5.43 Å². The molecule has 0 aliphatic carbocycles. The van der Waals surface area contributed by atoms with Crippen molar-refractivity contribution in [1.29, 1.82) is 0 Å². The normalized spacial score (nSPS) is 10.8. The lowest BCUT2D eigenvalue weighted by atomic mass is 10.2. The van der Waals surface area contributed by atoms with Crippen molar-refractivity contribution < 1.29 is 17.8 Å². The van der Waals surface area contributed by atoms with E-state index < -0.39 is 10.1 Å². The van der Waals surface area contributed by atoms with Crippen molar-refractivity contribution in [2.24, 2.45) is 5.10 Å². The average molecular weight is 361 g/mol. The van der Waals surface area contributed by atoms with E-state index in [0.717, 1.165) is 11.4 Å². The molecule has 2 aromatic carbocycles. The van der Waals surface area contributed by atoms with E-state index in [1.807, 2.05) is 13.8 Å². The number of benzene rings is 2. The summed E-state index contributed by atoms with van der Waals surface area (Å²) >= 11 is 0. The zero-order valence-corrected chi connectivity index (χ0v) is 14.7. The van der Waals surface area contributed by atoms with Crippen molar-refractivity contribution in [3.63, 3.8) is 0 Å². The van der Waals surface area contributed by atoms with Gasteiger partial charge in [-0.15, -0.1) is 0 Å². The molecule has 0 bridgehead atoms. The van der Waals surface area contributed by atoms with E-state index in [1.165, 1.54) is 18.2 Å². The second-order valence-corrected chi connectivity index (χ2v) is 6.97. The van der Waals surface area contributed by atoms with Gasteiger partial charge in [0.05, 0.1) is 10.6 Å². The maximum absolute atomic E-state index is 12.2. The van der Waals surface area contributed by atoms with Gasteiger partial charge < -0.3 is 5.32 Å². The smallest absolute Gasteiger partial charge is 0.294 e. The molecular weight excluding hydrogens is 342 g/mol. The van der Waals surface area contributed by atoms with Crippen LogP contribution in [0.3, 0.4) is 0 Å². The van der Waals surface area contributed by atoms with Gasteiger partial charge in [-0.2, -0.15) is 13.5 Å². The van der Waals surface area contributed by atoms with Gasteiger partial charge in [0.1, 0.15) is 0 Å². The summed E-state index contributed by atoms with van der Waals surface area (Å²) in [5.74, 6) is -0.293. The molecule has 8 heteroatoms. The number of carbonyl (C=O) groups is 1. The fourth-order valence-corrected chi connectivity index (χ4v) is 2.52. The van der Waals surface area contributed by atoms with Gasteiger partial charge in [0.25, 0.3) is 16.0 Å². The van der Waals surface area contributed by atoms with Gasteiger partial charge in [0.2, 0.25) is 0 Å². The van der Waals surface area contributed by atoms with Crippen LogP contribution in [-0.2, 0) is 16.7 Å². The summed E-state index contributed by atoms with van der Waals surface area (Å²) in [6.45, 7) is 3.87. The van der Waals surface area contributed by atoms with E-state index in [2.05, 4.69) is 15.8 Å². The Balaban J connectivity index is 2.00. The maximum Gasteiger partial charge on any atom is 0.294 e. The number of hydrogen-bond donors (Lipinski definition) is 3. The predicted molar refractivity (Wildman–Crippen MR) is 96.3 cm³/mol. The minimum absolute atomic E-state index is 0.140. The monoisotopic (exact) mass is 361 g/mol. The molecule has 0 unspecified atom stereocenters. The SMILES string of the molecule is CC(C)=NNc1ccc(C(=O)NCc2cccc(S(=O)(=O)O)c2)cc1. The Morgan fingerprint density at radius 2 is 1.80 bits per heavy atom. The molecule has 2 aromatic rings. The molecule has 0 atom stereocenters. The van der Waals surface area contributed by atoms with E-state index in [4.69, 9.17) is 4.55 Å². The summed E-state index contributed by atoms with van der Waals surface area (Å²) in [6.07, 6.45) is 0. The van der Waals surface area contributed by atoms with Crippen LogP contribution in [0.15, 0.2) is 58.5 Å². The van der Waals surface area contributed by atoms with E-state index in [0.29, 0.717) is 11.1 Å². The second kappa shape index (κ2) is 7.91. The van der Waals surface area contributed by atoms with Gasteiger partial charge in [-0.25, -0.2) is 0 Å². The summed E-state index contributed by atoms with van der Waals surface area (Å²) in [5.41, 5.74) is 5.54. The summed E-state index contributed by atoms with van der Waals surface area (Å²) in [4.78, 5) is 11.9. The van der Waals surface area contributed by atoms with Crippen LogP contribution in [0.2, 0.25) is 0 Å². The van der Waals surface area contributed by atoms with Crippen molar-refractivity contribution in [3.8, 4) is 0 Å². The molecule has 0 aliphatic heterocycles. The molecule has 3 N–H and O–H groups in total. The zero-order chi connectivity index (χ0) is 18.4. The molecule has 132 valence electrons. The Hall–Kier alpha value is -2.71. The van der Waals surface area contributed by atoms with Gasteiger partial charge in [0.15, 0.2) is 0 Å². The van der Waals surface area contributed by atoms with E-state index >= 15 is 0 Å². The van der Waals surface area contributed by atoms with Crippen LogP contribution in [0.5, 0.6) is 0 Å². The van der Waals surface area contributed by atoms with Crippen molar-refractivity contribution in [2.45, 2.75) is 25.3 Å². The van der Waals surface area contributed by atoms with Crippen molar-refractivity contribution >= 4 is 27.4 Å². The summed E-state index contributed by atoms with van der Waals surface area (Å²) in [6, 6.07) is 12.6. The van der Waals surface area contributed by atoms with Crippen LogP contribution in [0.25, 0.3) is 0 Å². The second-order valence-electron chi connectivity index (χ2n) is 5.55. The number of hydrazone groups is 1. The minimum atomic E-state index is -4.26. The molecule has 25 heavy (non-hydrogen) atoms. The highest BCUT2D eigenvalue weighted by Gasteiger charge is 2.10. The first-order chi connectivity index (χ1) is 11.8. The van der Waals surface area contributed by atoms with Crippen molar-refractivity contribution in [3.05, 3.63) is 59.7 Å². The number of anilines is 1. The molecule has 0 aliphatic rings. The largest absolute Gasteiger partial charge is 0.348 e. The predicted octanol–water partition coefficient (Wildman–Crippen LogP) is 2.67. The Labute approximate surface area is 146 Å². The zero-order valence-electron chi connectivity index (χ0n) is 13.9.